The van der Waals surface area contributed by atoms with E-state index in [0.29, 0.717) is 6.21 Å². The second-order valence-corrected chi connectivity index (χ2v) is 3.78. The van der Waals surface area contributed by atoms with E-state index in [-0.39, 0.29) is 15.8 Å². The number of esters is 1. The second-order valence-electron chi connectivity index (χ2n) is 2.96. The molecular weight excluding hydrogens is 312 g/mol. The maximum Gasteiger partial charge on any atom is 0.573 e. The molecule has 0 aliphatic heterocycles. The fraction of sp³-hybridized carbons (Fsp3) is 0.111. The van der Waals surface area contributed by atoms with Crippen molar-refractivity contribution in [2.75, 3.05) is 0 Å². The van der Waals surface area contributed by atoms with Crippen molar-refractivity contribution in [1.29, 1.82) is 0 Å². The summed E-state index contributed by atoms with van der Waals surface area (Å²) in [5.74, 6) is 2.75. The number of halogens is 5. The third-order valence-corrected chi connectivity index (χ3v) is 2.15. The van der Waals surface area contributed by atoms with Crippen molar-refractivity contribution in [3.63, 3.8) is 0 Å². The molecule has 1 aromatic rings. The maximum atomic E-state index is 12.0. The highest BCUT2D eigenvalue weighted by Gasteiger charge is 2.31. The first-order valence-electron chi connectivity index (χ1n) is 4.43. The van der Waals surface area contributed by atoms with Crippen LogP contribution in [0.5, 0.6) is 11.5 Å². The highest BCUT2D eigenvalue weighted by Crippen LogP contribution is 2.38. The minimum absolute atomic E-state index is 0.331. The molecule has 0 radical (unpaired) electrons. The molecule has 0 atom stereocenters. The molecule has 1 aromatic carbocycles. The van der Waals surface area contributed by atoms with Crippen LogP contribution in [0.3, 0.4) is 0 Å². The SMILES string of the molecule is NN=CC(=O)Oc1c(Cl)cc(OC(F)(F)F)cc1Cl. The normalized spacial score (nSPS) is 11.6. The van der Waals surface area contributed by atoms with Gasteiger partial charge in [-0.25, -0.2) is 4.79 Å². The molecule has 0 fully saturated rings. The zero-order chi connectivity index (χ0) is 14.6. The van der Waals surface area contributed by atoms with Gasteiger partial charge >= 0.3 is 12.3 Å². The molecule has 0 saturated heterocycles. The molecule has 104 valence electrons. The Morgan fingerprint density at radius 3 is 2.26 bits per heavy atom. The minimum atomic E-state index is -4.89. The Hall–Kier alpha value is -1.67. The van der Waals surface area contributed by atoms with Crippen LogP contribution in [-0.2, 0) is 4.79 Å². The van der Waals surface area contributed by atoms with Crippen LogP contribution in [0.2, 0.25) is 10.0 Å². The third kappa shape index (κ3) is 4.84. The van der Waals surface area contributed by atoms with Gasteiger partial charge in [0.05, 0.1) is 10.0 Å². The minimum Gasteiger partial charge on any atom is -0.419 e. The molecule has 5 nitrogen and oxygen atoms in total. The van der Waals surface area contributed by atoms with Gasteiger partial charge in [0.2, 0.25) is 0 Å². The lowest BCUT2D eigenvalue weighted by Crippen LogP contribution is -2.17. The van der Waals surface area contributed by atoms with Gasteiger partial charge in [-0.15, -0.1) is 13.2 Å². The van der Waals surface area contributed by atoms with E-state index in [2.05, 4.69) is 14.6 Å². The fourth-order valence-corrected chi connectivity index (χ4v) is 1.56. The van der Waals surface area contributed by atoms with E-state index in [4.69, 9.17) is 29.0 Å². The number of ether oxygens (including phenoxy) is 2. The first-order valence-corrected chi connectivity index (χ1v) is 5.18. The van der Waals surface area contributed by atoms with Crippen LogP contribution in [0.25, 0.3) is 0 Å². The Kier molecular flexibility index (Phi) is 4.84. The summed E-state index contributed by atoms with van der Waals surface area (Å²) < 4.78 is 44.2. The molecule has 0 heterocycles. The lowest BCUT2D eigenvalue weighted by Gasteiger charge is -2.12. The Balaban J connectivity index is 3.01. The molecule has 19 heavy (non-hydrogen) atoms. The molecule has 0 aliphatic carbocycles. The number of carbonyl (C=O) groups is 1. The van der Waals surface area contributed by atoms with Gasteiger partial charge in [-0.1, -0.05) is 23.2 Å². The predicted octanol–water partition coefficient (Wildman–Crippen LogP) is 2.74. The summed E-state index contributed by atoms with van der Waals surface area (Å²) >= 11 is 11.2. The topological polar surface area (TPSA) is 73.9 Å². The van der Waals surface area contributed by atoms with Crippen molar-refractivity contribution in [3.05, 3.63) is 22.2 Å². The quantitative estimate of drug-likeness (QED) is 0.306. The van der Waals surface area contributed by atoms with Gasteiger partial charge in [0, 0.05) is 12.1 Å². The van der Waals surface area contributed by atoms with Crippen molar-refractivity contribution >= 4 is 35.4 Å². The molecule has 0 unspecified atom stereocenters. The number of nitrogens with two attached hydrogens (primary N) is 1. The summed E-state index contributed by atoms with van der Waals surface area (Å²) in [6.07, 6.45) is -4.26. The van der Waals surface area contributed by atoms with E-state index in [1.54, 1.807) is 0 Å². The van der Waals surface area contributed by atoms with Crippen molar-refractivity contribution in [2.24, 2.45) is 10.9 Å². The van der Waals surface area contributed by atoms with Crippen LogP contribution in [0, 0.1) is 0 Å². The zero-order valence-electron chi connectivity index (χ0n) is 8.87. The summed E-state index contributed by atoms with van der Waals surface area (Å²) in [5, 5.41) is 2.21. The molecule has 1 rings (SSSR count). The summed E-state index contributed by atoms with van der Waals surface area (Å²) in [5.41, 5.74) is 0. The number of hydrogen-bond acceptors (Lipinski definition) is 5. The smallest absolute Gasteiger partial charge is 0.419 e. The van der Waals surface area contributed by atoms with E-state index in [0.717, 1.165) is 12.1 Å². The average Bonchev–Trinajstić information content (AvgIpc) is 2.21. The first-order chi connectivity index (χ1) is 8.73. The lowest BCUT2D eigenvalue weighted by molar-refractivity contribution is -0.274. The van der Waals surface area contributed by atoms with E-state index < -0.39 is 18.1 Å². The number of carbonyl (C=O) groups excluding carboxylic acids is 1. The summed E-state index contributed by atoms with van der Waals surface area (Å²) in [4.78, 5) is 11.1. The van der Waals surface area contributed by atoms with Gasteiger partial charge in [0.1, 0.15) is 12.0 Å². The van der Waals surface area contributed by atoms with Crippen LogP contribution in [0.1, 0.15) is 0 Å². The number of alkyl halides is 3. The molecule has 0 bridgehead atoms. The van der Waals surface area contributed by atoms with Crippen molar-refractivity contribution in [3.8, 4) is 11.5 Å². The largest absolute Gasteiger partial charge is 0.573 e. The molecule has 0 amide bonds. The Morgan fingerprint density at radius 2 is 1.84 bits per heavy atom. The zero-order valence-corrected chi connectivity index (χ0v) is 10.4. The molecule has 10 heteroatoms. The molecular formula is C9H5Cl2F3N2O3. The van der Waals surface area contributed by atoms with E-state index in [1.807, 2.05) is 0 Å². The third-order valence-electron chi connectivity index (χ3n) is 1.59. The number of hydrogen-bond donors (Lipinski definition) is 1. The maximum absolute atomic E-state index is 12.0. The van der Waals surface area contributed by atoms with Crippen molar-refractivity contribution < 1.29 is 27.4 Å². The van der Waals surface area contributed by atoms with Crippen LogP contribution < -0.4 is 15.3 Å². The van der Waals surface area contributed by atoms with Gasteiger partial charge in [-0.2, -0.15) is 5.10 Å². The number of hydrazone groups is 1. The predicted molar refractivity (Wildman–Crippen MR) is 61.5 cm³/mol. The number of benzene rings is 1. The molecule has 0 saturated carbocycles. The van der Waals surface area contributed by atoms with Crippen LogP contribution >= 0.6 is 23.2 Å². The Bertz CT molecular complexity index is 497. The van der Waals surface area contributed by atoms with Gasteiger partial charge in [-0.3, -0.25) is 0 Å². The van der Waals surface area contributed by atoms with E-state index in [1.165, 1.54) is 0 Å². The van der Waals surface area contributed by atoms with E-state index >= 15 is 0 Å². The summed E-state index contributed by atoms with van der Waals surface area (Å²) in [6, 6.07) is 1.59. The Morgan fingerprint density at radius 1 is 1.32 bits per heavy atom. The molecule has 2 N–H and O–H groups in total. The standard InChI is InChI=1S/C9H5Cl2F3N2O3/c10-5-1-4(19-9(12,13)14)2-6(11)8(5)18-7(17)3-16-15/h1-3H,15H2. The number of nitrogens with zero attached hydrogens (tertiary/aromatic N) is 1. The molecule has 0 spiro atoms. The first kappa shape index (κ1) is 15.4. The fourth-order valence-electron chi connectivity index (χ4n) is 1.01. The Labute approximate surface area is 114 Å². The van der Waals surface area contributed by atoms with Crippen LogP contribution in [-0.4, -0.2) is 18.5 Å². The lowest BCUT2D eigenvalue weighted by atomic mass is 10.3. The highest BCUT2D eigenvalue weighted by atomic mass is 35.5. The summed E-state index contributed by atoms with van der Waals surface area (Å²) in [6.45, 7) is 0. The molecule has 0 aliphatic rings. The second kappa shape index (κ2) is 5.98. The monoisotopic (exact) mass is 316 g/mol. The molecule has 0 aromatic heterocycles. The highest BCUT2D eigenvalue weighted by molar-refractivity contribution is 6.38. The van der Waals surface area contributed by atoms with Crippen molar-refractivity contribution in [2.45, 2.75) is 6.36 Å². The van der Waals surface area contributed by atoms with E-state index in [9.17, 15) is 18.0 Å². The van der Waals surface area contributed by atoms with Gasteiger partial charge in [0.15, 0.2) is 5.75 Å². The average molecular weight is 317 g/mol. The number of rotatable bonds is 3. The summed E-state index contributed by atoms with van der Waals surface area (Å²) in [7, 11) is 0. The van der Waals surface area contributed by atoms with Crippen LogP contribution in [0.4, 0.5) is 13.2 Å². The van der Waals surface area contributed by atoms with Gasteiger partial charge in [0.25, 0.3) is 0 Å². The van der Waals surface area contributed by atoms with Crippen LogP contribution in [0.15, 0.2) is 17.2 Å². The van der Waals surface area contributed by atoms with Crippen molar-refractivity contribution in [1.82, 2.24) is 0 Å². The van der Waals surface area contributed by atoms with Gasteiger partial charge < -0.3 is 15.3 Å². The van der Waals surface area contributed by atoms with Gasteiger partial charge in [-0.05, 0) is 0 Å².